The van der Waals surface area contributed by atoms with E-state index >= 15 is 0 Å². The fourth-order valence-electron chi connectivity index (χ4n) is 2.33. The third-order valence-electron chi connectivity index (χ3n) is 3.40. The van der Waals surface area contributed by atoms with Gasteiger partial charge in [0, 0.05) is 12.0 Å². The fraction of sp³-hybridized carbons (Fsp3) is 0.333. The largest absolute Gasteiger partial charge is 0.493 e. The number of nitrogens with one attached hydrogen (secondary N) is 1. The number of hydrogen-bond acceptors (Lipinski definition) is 3. The van der Waals surface area contributed by atoms with E-state index in [1.54, 1.807) is 0 Å². The summed E-state index contributed by atoms with van der Waals surface area (Å²) in [6.07, 6.45) is 0.912. The van der Waals surface area contributed by atoms with Crippen molar-refractivity contribution in [3.63, 3.8) is 0 Å². The third-order valence-corrected chi connectivity index (χ3v) is 4.44. The summed E-state index contributed by atoms with van der Waals surface area (Å²) >= 11 is 2.06. The van der Waals surface area contributed by atoms with Crippen LogP contribution in [0.4, 0.5) is 0 Å². The Balaban J connectivity index is 2.13. The van der Waals surface area contributed by atoms with Crippen LogP contribution < -0.4 is 10.3 Å². The molecule has 5 heteroatoms. The molecule has 1 aliphatic heterocycles. The number of aromatic nitrogens is 2. The summed E-state index contributed by atoms with van der Waals surface area (Å²) in [4.78, 5) is 19.5. The van der Waals surface area contributed by atoms with Crippen LogP contribution in [0.3, 0.4) is 0 Å². The second-order valence-corrected chi connectivity index (χ2v) is 6.27. The van der Waals surface area contributed by atoms with E-state index in [1.165, 1.54) is 5.56 Å². The molecule has 1 aromatic heterocycles. The van der Waals surface area contributed by atoms with Crippen molar-refractivity contribution in [3.05, 3.63) is 43.4 Å². The van der Waals surface area contributed by atoms with E-state index in [-0.39, 0.29) is 11.5 Å². The highest BCUT2D eigenvalue weighted by atomic mass is 127. The first-order chi connectivity index (χ1) is 9.56. The molecule has 2 heterocycles. The van der Waals surface area contributed by atoms with Gasteiger partial charge in [-0.25, -0.2) is 4.98 Å². The minimum absolute atomic E-state index is 0.0731. The molecule has 0 spiro atoms. The van der Waals surface area contributed by atoms with E-state index in [1.807, 2.05) is 26.0 Å². The highest BCUT2D eigenvalue weighted by Crippen LogP contribution is 2.29. The van der Waals surface area contributed by atoms with Crippen molar-refractivity contribution >= 4 is 22.6 Å². The van der Waals surface area contributed by atoms with Gasteiger partial charge in [0.05, 0.1) is 15.9 Å². The van der Waals surface area contributed by atoms with Crippen LogP contribution in [0.1, 0.15) is 31.0 Å². The standard InChI is InChI=1S/C15H15IN2O2/c1-8(2)13-12(16)15(19)18-14(17-13)10-3-4-11-9(7-10)5-6-20-11/h3-4,7-8H,5-6H2,1-2H3,(H,17,18,19). The molecular formula is C15H15IN2O2. The summed E-state index contributed by atoms with van der Waals surface area (Å²) in [5.74, 6) is 1.79. The summed E-state index contributed by atoms with van der Waals surface area (Å²) in [6.45, 7) is 4.82. The van der Waals surface area contributed by atoms with Crippen molar-refractivity contribution in [1.29, 1.82) is 0 Å². The van der Waals surface area contributed by atoms with Gasteiger partial charge in [0.15, 0.2) is 0 Å². The van der Waals surface area contributed by atoms with Gasteiger partial charge >= 0.3 is 0 Å². The minimum Gasteiger partial charge on any atom is -0.493 e. The van der Waals surface area contributed by atoms with Crippen molar-refractivity contribution < 1.29 is 4.74 Å². The lowest BCUT2D eigenvalue weighted by atomic mass is 10.1. The van der Waals surface area contributed by atoms with E-state index in [4.69, 9.17) is 4.74 Å². The number of hydrogen-bond donors (Lipinski definition) is 1. The van der Waals surface area contributed by atoms with E-state index in [0.29, 0.717) is 9.39 Å². The summed E-state index contributed by atoms with van der Waals surface area (Å²) in [5, 5.41) is 0. The Morgan fingerprint density at radius 3 is 2.95 bits per heavy atom. The van der Waals surface area contributed by atoms with E-state index in [0.717, 1.165) is 30.0 Å². The van der Waals surface area contributed by atoms with E-state index < -0.39 is 0 Å². The smallest absolute Gasteiger partial charge is 0.264 e. The second-order valence-electron chi connectivity index (χ2n) is 5.19. The molecule has 3 rings (SSSR count). The van der Waals surface area contributed by atoms with Gasteiger partial charge in [0.2, 0.25) is 0 Å². The Labute approximate surface area is 130 Å². The van der Waals surface area contributed by atoms with E-state index in [2.05, 4.69) is 38.6 Å². The highest BCUT2D eigenvalue weighted by molar-refractivity contribution is 14.1. The van der Waals surface area contributed by atoms with Gasteiger partial charge in [-0.05, 0) is 52.3 Å². The maximum Gasteiger partial charge on any atom is 0.264 e. The summed E-state index contributed by atoms with van der Waals surface area (Å²) < 4.78 is 6.17. The van der Waals surface area contributed by atoms with Crippen molar-refractivity contribution in [1.82, 2.24) is 9.97 Å². The number of benzene rings is 1. The van der Waals surface area contributed by atoms with Gasteiger partial charge in [0.1, 0.15) is 11.6 Å². The SMILES string of the molecule is CC(C)c1nc(-c2ccc3c(c2)CCO3)[nH]c(=O)c1I. The molecule has 0 saturated heterocycles. The molecule has 0 aliphatic carbocycles. The molecular weight excluding hydrogens is 367 g/mol. The van der Waals surface area contributed by atoms with Crippen molar-refractivity contribution in [2.45, 2.75) is 26.2 Å². The Bertz CT molecular complexity index is 722. The first kappa shape index (κ1) is 13.6. The molecule has 0 amide bonds. The lowest BCUT2D eigenvalue weighted by Gasteiger charge is -2.10. The molecule has 1 aromatic carbocycles. The number of aromatic amines is 1. The lowest BCUT2D eigenvalue weighted by Crippen LogP contribution is -2.17. The molecule has 1 aliphatic rings. The average molecular weight is 382 g/mol. The summed E-state index contributed by atoms with van der Waals surface area (Å²) in [5.41, 5.74) is 2.89. The number of rotatable bonds is 2. The molecule has 104 valence electrons. The normalized spacial score (nSPS) is 13.4. The molecule has 0 radical (unpaired) electrons. The molecule has 0 unspecified atom stereocenters. The van der Waals surface area contributed by atoms with Gasteiger partial charge in [0.25, 0.3) is 5.56 Å². The highest BCUT2D eigenvalue weighted by Gasteiger charge is 2.16. The quantitative estimate of drug-likeness (QED) is 0.813. The number of halogens is 1. The first-order valence-electron chi connectivity index (χ1n) is 6.62. The topological polar surface area (TPSA) is 55.0 Å². The maximum absolute atomic E-state index is 12.0. The van der Waals surface area contributed by atoms with Crippen LogP contribution in [0.5, 0.6) is 5.75 Å². The van der Waals surface area contributed by atoms with Gasteiger partial charge in [-0.2, -0.15) is 0 Å². The van der Waals surface area contributed by atoms with Crippen LogP contribution in [-0.4, -0.2) is 16.6 Å². The molecule has 1 N–H and O–H groups in total. The van der Waals surface area contributed by atoms with Crippen LogP contribution >= 0.6 is 22.6 Å². The Morgan fingerprint density at radius 2 is 2.20 bits per heavy atom. The van der Waals surface area contributed by atoms with Crippen LogP contribution in [0.15, 0.2) is 23.0 Å². The summed E-state index contributed by atoms with van der Waals surface area (Å²) in [7, 11) is 0. The zero-order valence-electron chi connectivity index (χ0n) is 11.4. The van der Waals surface area contributed by atoms with Gasteiger partial charge in [-0.15, -0.1) is 0 Å². The predicted octanol–water partition coefficient (Wildman–Crippen LogP) is 3.10. The zero-order valence-corrected chi connectivity index (χ0v) is 13.5. The molecule has 4 nitrogen and oxygen atoms in total. The average Bonchev–Trinajstić information content (AvgIpc) is 2.88. The molecule has 0 bridgehead atoms. The van der Waals surface area contributed by atoms with Crippen molar-refractivity contribution in [3.8, 4) is 17.1 Å². The predicted molar refractivity (Wildman–Crippen MR) is 86.3 cm³/mol. The number of ether oxygens (including phenoxy) is 1. The third kappa shape index (κ3) is 2.34. The number of nitrogens with zero attached hydrogens (tertiary/aromatic N) is 1. The number of H-pyrrole nitrogens is 1. The molecule has 2 aromatic rings. The van der Waals surface area contributed by atoms with Crippen LogP contribution in [0, 0.1) is 3.57 Å². The lowest BCUT2D eigenvalue weighted by molar-refractivity contribution is 0.357. The molecule has 20 heavy (non-hydrogen) atoms. The van der Waals surface area contributed by atoms with Gasteiger partial charge in [-0.1, -0.05) is 13.8 Å². The van der Waals surface area contributed by atoms with Crippen molar-refractivity contribution in [2.75, 3.05) is 6.61 Å². The van der Waals surface area contributed by atoms with Gasteiger partial charge < -0.3 is 9.72 Å². The second kappa shape index (κ2) is 5.20. The van der Waals surface area contributed by atoms with Crippen molar-refractivity contribution in [2.24, 2.45) is 0 Å². The first-order valence-corrected chi connectivity index (χ1v) is 7.70. The van der Waals surface area contributed by atoms with Gasteiger partial charge in [-0.3, -0.25) is 4.79 Å². The molecule has 0 saturated carbocycles. The Kier molecular flexibility index (Phi) is 3.54. The molecule has 0 fully saturated rings. The maximum atomic E-state index is 12.0. The summed E-state index contributed by atoms with van der Waals surface area (Å²) in [6, 6.07) is 5.95. The number of fused-ring (bicyclic) bond motifs is 1. The van der Waals surface area contributed by atoms with Crippen LogP contribution in [0.25, 0.3) is 11.4 Å². The fourth-order valence-corrected chi connectivity index (χ4v) is 3.21. The molecule has 0 atom stereocenters. The van der Waals surface area contributed by atoms with E-state index in [9.17, 15) is 4.79 Å². The Morgan fingerprint density at radius 1 is 1.40 bits per heavy atom. The van der Waals surface area contributed by atoms with Crippen LogP contribution in [0.2, 0.25) is 0 Å². The monoisotopic (exact) mass is 382 g/mol. The zero-order chi connectivity index (χ0) is 14.3. The minimum atomic E-state index is -0.0731. The van der Waals surface area contributed by atoms with Crippen LogP contribution in [-0.2, 0) is 6.42 Å². The Hall–Kier alpha value is -1.37.